The van der Waals surface area contributed by atoms with Crippen molar-refractivity contribution in [2.24, 2.45) is 5.92 Å². The molecule has 31 heavy (non-hydrogen) atoms. The zero-order valence-electron chi connectivity index (χ0n) is 18.1. The molecule has 2 amide bonds. The summed E-state index contributed by atoms with van der Waals surface area (Å²) < 4.78 is 32.6. The number of carbonyl (C=O) groups is 1. The first kappa shape index (κ1) is 23.0. The summed E-state index contributed by atoms with van der Waals surface area (Å²) in [6, 6.07) is 13.2. The molecule has 2 aromatic rings. The molecule has 0 saturated carbocycles. The van der Waals surface area contributed by atoms with Crippen LogP contribution in [0.25, 0.3) is 0 Å². The summed E-state index contributed by atoms with van der Waals surface area (Å²) in [5.74, 6) is 0.184. The second kappa shape index (κ2) is 11.1. The highest BCUT2D eigenvalue weighted by Gasteiger charge is 2.33. The molecule has 2 aromatic carbocycles. The molecule has 0 spiro atoms. The summed E-state index contributed by atoms with van der Waals surface area (Å²) in [6.45, 7) is 5.35. The minimum absolute atomic E-state index is 0.0963. The van der Waals surface area contributed by atoms with E-state index < -0.39 is 6.67 Å². The third kappa shape index (κ3) is 6.66. The highest BCUT2D eigenvalue weighted by Crippen LogP contribution is 2.22. The smallest absolute Gasteiger partial charge is 0.318 e. The first-order valence-electron chi connectivity index (χ1n) is 10.8. The number of urea groups is 1. The largest absolute Gasteiger partial charge is 0.491 e. The van der Waals surface area contributed by atoms with Crippen LogP contribution in [0.15, 0.2) is 48.5 Å². The van der Waals surface area contributed by atoms with E-state index >= 15 is 0 Å². The van der Waals surface area contributed by atoms with Crippen LogP contribution in [0, 0.1) is 11.7 Å². The Labute approximate surface area is 182 Å². The van der Waals surface area contributed by atoms with Crippen molar-refractivity contribution in [2.75, 3.05) is 19.8 Å². The maximum absolute atomic E-state index is 13.7. The summed E-state index contributed by atoms with van der Waals surface area (Å²) in [5, 5.41) is 6.16. The molecule has 1 aliphatic heterocycles. The first-order valence-corrected chi connectivity index (χ1v) is 10.8. The van der Waals surface area contributed by atoms with E-state index in [9.17, 15) is 13.6 Å². The molecule has 1 heterocycles. The fourth-order valence-corrected chi connectivity index (χ4v) is 3.84. The van der Waals surface area contributed by atoms with Crippen LogP contribution >= 0.6 is 0 Å². The number of halogens is 2. The number of piperidine rings is 1. The number of hydrogen-bond donors (Lipinski definition) is 2. The maximum atomic E-state index is 13.7. The SMILES string of the molecule is CC(C)Oc1ccc(CNC(=O)N(Cc2ccc(F)cc2)[C@H]2CCNC[C@H]2CF)cc1. The van der Waals surface area contributed by atoms with Crippen molar-refractivity contribution >= 4 is 6.03 Å². The molecular formula is C24H31F2N3O2. The van der Waals surface area contributed by atoms with Crippen molar-refractivity contribution in [3.63, 3.8) is 0 Å². The lowest BCUT2D eigenvalue weighted by Gasteiger charge is -2.39. The van der Waals surface area contributed by atoms with Gasteiger partial charge in [-0.05, 0) is 62.2 Å². The monoisotopic (exact) mass is 431 g/mol. The van der Waals surface area contributed by atoms with Crippen molar-refractivity contribution in [3.05, 3.63) is 65.5 Å². The van der Waals surface area contributed by atoms with E-state index in [1.54, 1.807) is 17.0 Å². The molecule has 168 valence electrons. The van der Waals surface area contributed by atoms with Gasteiger partial charge in [-0.25, -0.2) is 9.18 Å². The van der Waals surface area contributed by atoms with Crippen LogP contribution in [0.3, 0.4) is 0 Å². The summed E-state index contributed by atoms with van der Waals surface area (Å²) >= 11 is 0. The van der Waals surface area contributed by atoms with Gasteiger partial charge in [0.15, 0.2) is 0 Å². The van der Waals surface area contributed by atoms with Crippen molar-refractivity contribution in [3.8, 4) is 5.75 Å². The molecule has 0 aliphatic carbocycles. The van der Waals surface area contributed by atoms with Crippen LogP contribution in [-0.2, 0) is 13.1 Å². The van der Waals surface area contributed by atoms with E-state index in [2.05, 4.69) is 10.6 Å². The minimum atomic E-state index is -0.498. The van der Waals surface area contributed by atoms with Gasteiger partial charge in [-0.3, -0.25) is 4.39 Å². The second-order valence-electron chi connectivity index (χ2n) is 8.20. The second-order valence-corrected chi connectivity index (χ2v) is 8.20. The van der Waals surface area contributed by atoms with Gasteiger partial charge in [0, 0.05) is 31.6 Å². The van der Waals surface area contributed by atoms with Crippen LogP contribution in [0.5, 0.6) is 5.75 Å². The van der Waals surface area contributed by atoms with Gasteiger partial charge >= 0.3 is 6.03 Å². The predicted molar refractivity (Wildman–Crippen MR) is 117 cm³/mol. The Morgan fingerprint density at radius 1 is 1.16 bits per heavy atom. The first-order chi connectivity index (χ1) is 15.0. The average Bonchev–Trinajstić information content (AvgIpc) is 2.77. The van der Waals surface area contributed by atoms with Crippen molar-refractivity contribution in [2.45, 2.75) is 45.5 Å². The number of alkyl halides is 1. The average molecular weight is 432 g/mol. The van der Waals surface area contributed by atoms with Crippen LogP contribution in [0.1, 0.15) is 31.4 Å². The summed E-state index contributed by atoms with van der Waals surface area (Å²) in [4.78, 5) is 14.8. The minimum Gasteiger partial charge on any atom is -0.491 e. The van der Waals surface area contributed by atoms with Gasteiger partial charge < -0.3 is 20.3 Å². The standard InChI is InChI=1S/C24H31F2N3O2/c1-17(2)31-22-9-5-18(6-10-22)14-28-24(30)29(16-19-3-7-21(26)8-4-19)23-11-12-27-15-20(23)13-25/h3-10,17,20,23,27H,11-16H2,1-2H3,(H,28,30)/t20-,23+/m1/s1. The van der Waals surface area contributed by atoms with E-state index in [-0.39, 0.29) is 29.9 Å². The fourth-order valence-electron chi connectivity index (χ4n) is 3.84. The van der Waals surface area contributed by atoms with Gasteiger partial charge in [0.05, 0.1) is 12.8 Å². The lowest BCUT2D eigenvalue weighted by atomic mass is 9.92. The quantitative estimate of drug-likeness (QED) is 0.656. The normalized spacial score (nSPS) is 18.6. The number of nitrogens with zero attached hydrogens (tertiary/aromatic N) is 1. The lowest BCUT2D eigenvalue weighted by molar-refractivity contribution is 0.108. The lowest BCUT2D eigenvalue weighted by Crippen LogP contribution is -2.54. The Balaban J connectivity index is 1.69. The maximum Gasteiger partial charge on any atom is 0.318 e. The number of amides is 2. The van der Waals surface area contributed by atoms with E-state index in [1.165, 1.54) is 12.1 Å². The topological polar surface area (TPSA) is 53.6 Å². The van der Waals surface area contributed by atoms with Crippen molar-refractivity contribution < 1.29 is 18.3 Å². The van der Waals surface area contributed by atoms with Gasteiger partial charge in [0.2, 0.25) is 0 Å². The van der Waals surface area contributed by atoms with Crippen LogP contribution in [0.4, 0.5) is 13.6 Å². The zero-order valence-corrected chi connectivity index (χ0v) is 18.1. The molecule has 2 N–H and O–H groups in total. The predicted octanol–water partition coefficient (Wildman–Crippen LogP) is 4.27. The molecule has 7 heteroatoms. The number of ether oxygens (including phenoxy) is 1. The van der Waals surface area contributed by atoms with E-state index in [1.807, 2.05) is 38.1 Å². The van der Waals surface area contributed by atoms with E-state index in [0.29, 0.717) is 26.1 Å². The molecule has 0 unspecified atom stereocenters. The molecule has 1 aliphatic rings. The van der Waals surface area contributed by atoms with E-state index in [0.717, 1.165) is 23.4 Å². The summed E-state index contributed by atoms with van der Waals surface area (Å²) in [6.07, 6.45) is 0.767. The number of carbonyl (C=O) groups excluding carboxylic acids is 1. The molecule has 0 bridgehead atoms. The summed E-state index contributed by atoms with van der Waals surface area (Å²) in [7, 11) is 0. The molecule has 5 nitrogen and oxygen atoms in total. The Bertz CT molecular complexity index is 828. The Kier molecular flexibility index (Phi) is 8.23. The Morgan fingerprint density at radius 2 is 1.84 bits per heavy atom. The molecule has 1 fully saturated rings. The highest BCUT2D eigenvalue weighted by molar-refractivity contribution is 5.74. The molecular weight excluding hydrogens is 400 g/mol. The molecule has 0 radical (unpaired) electrons. The van der Waals surface area contributed by atoms with Gasteiger partial charge in [0.25, 0.3) is 0 Å². The van der Waals surface area contributed by atoms with E-state index in [4.69, 9.17) is 4.74 Å². The Hall–Kier alpha value is -2.67. The third-order valence-electron chi connectivity index (χ3n) is 5.43. The van der Waals surface area contributed by atoms with Gasteiger partial charge in [-0.1, -0.05) is 24.3 Å². The molecule has 1 saturated heterocycles. The highest BCUT2D eigenvalue weighted by atomic mass is 19.1. The van der Waals surface area contributed by atoms with Gasteiger partial charge in [-0.15, -0.1) is 0 Å². The number of benzene rings is 2. The number of rotatable bonds is 8. The van der Waals surface area contributed by atoms with Crippen molar-refractivity contribution in [1.29, 1.82) is 0 Å². The van der Waals surface area contributed by atoms with Gasteiger partial charge in [0.1, 0.15) is 11.6 Å². The summed E-state index contributed by atoms with van der Waals surface area (Å²) in [5.41, 5.74) is 1.75. The molecule has 0 aromatic heterocycles. The Morgan fingerprint density at radius 3 is 2.48 bits per heavy atom. The fraction of sp³-hybridized carbons (Fsp3) is 0.458. The number of hydrogen-bond acceptors (Lipinski definition) is 3. The molecule has 3 rings (SSSR count). The van der Waals surface area contributed by atoms with Crippen LogP contribution in [-0.4, -0.2) is 42.8 Å². The van der Waals surface area contributed by atoms with Gasteiger partial charge in [-0.2, -0.15) is 0 Å². The molecule has 2 atom stereocenters. The van der Waals surface area contributed by atoms with Crippen LogP contribution in [0.2, 0.25) is 0 Å². The zero-order chi connectivity index (χ0) is 22.2. The number of nitrogens with one attached hydrogen (secondary N) is 2. The van der Waals surface area contributed by atoms with Crippen LogP contribution < -0.4 is 15.4 Å². The third-order valence-corrected chi connectivity index (χ3v) is 5.43. The van der Waals surface area contributed by atoms with Crippen molar-refractivity contribution in [1.82, 2.24) is 15.5 Å².